The molecule has 2 unspecified atom stereocenters. The molecule has 1 amide bonds. The van der Waals surface area contributed by atoms with Gasteiger partial charge in [0, 0.05) is 13.6 Å². The third-order valence-corrected chi connectivity index (χ3v) is 1.59. The molecule has 4 nitrogen and oxygen atoms in total. The van der Waals surface area contributed by atoms with Crippen LogP contribution in [0.4, 0.5) is 0 Å². The Morgan fingerprint density at radius 3 is 2.58 bits per heavy atom. The molecule has 0 spiro atoms. The predicted octanol–water partition coefficient (Wildman–Crippen LogP) is -0.130. The van der Waals surface area contributed by atoms with E-state index in [-0.39, 0.29) is 17.9 Å². The smallest absolute Gasteiger partial charge is 0.236 e. The zero-order valence-corrected chi connectivity index (χ0v) is 7.72. The first-order valence-corrected chi connectivity index (χ1v) is 3.96. The van der Waals surface area contributed by atoms with Gasteiger partial charge in [0.05, 0.1) is 18.0 Å². The third kappa shape index (κ3) is 3.94. The van der Waals surface area contributed by atoms with Gasteiger partial charge >= 0.3 is 0 Å². The van der Waals surface area contributed by atoms with Crippen molar-refractivity contribution in [3.05, 3.63) is 0 Å². The lowest BCUT2D eigenvalue weighted by Gasteiger charge is -2.12. The number of likely N-dealkylation sites (N-methyl/N-ethyl adjacent to an activating group) is 1. The molecule has 0 radical (unpaired) electrons. The Hall–Kier alpha value is -1.08. The molecular weight excluding hydrogens is 154 g/mol. The van der Waals surface area contributed by atoms with Crippen LogP contribution >= 0.6 is 0 Å². The summed E-state index contributed by atoms with van der Waals surface area (Å²) in [6.45, 7) is 4.12. The van der Waals surface area contributed by atoms with Gasteiger partial charge < -0.3 is 10.6 Å². The van der Waals surface area contributed by atoms with Crippen molar-refractivity contribution < 1.29 is 4.79 Å². The van der Waals surface area contributed by atoms with E-state index in [4.69, 9.17) is 5.26 Å². The SMILES string of the molecule is CNC(=O)C(C)NCC(C)C#N. The van der Waals surface area contributed by atoms with Crippen molar-refractivity contribution in [3.63, 3.8) is 0 Å². The summed E-state index contributed by atoms with van der Waals surface area (Å²) in [6.07, 6.45) is 0. The molecule has 0 aliphatic rings. The molecule has 0 rings (SSSR count). The molecule has 68 valence electrons. The molecular formula is C8H15N3O. The molecule has 0 aromatic carbocycles. The van der Waals surface area contributed by atoms with E-state index in [1.54, 1.807) is 14.0 Å². The molecule has 0 bridgehead atoms. The van der Waals surface area contributed by atoms with Crippen molar-refractivity contribution in [2.45, 2.75) is 19.9 Å². The number of hydrogen-bond acceptors (Lipinski definition) is 3. The number of amides is 1. The summed E-state index contributed by atoms with van der Waals surface area (Å²) in [5, 5.41) is 13.9. The van der Waals surface area contributed by atoms with E-state index in [0.717, 1.165) is 0 Å². The topological polar surface area (TPSA) is 64.9 Å². The molecule has 2 N–H and O–H groups in total. The lowest BCUT2D eigenvalue weighted by Crippen LogP contribution is -2.42. The lowest BCUT2D eigenvalue weighted by atomic mass is 10.2. The van der Waals surface area contributed by atoms with E-state index in [0.29, 0.717) is 6.54 Å². The van der Waals surface area contributed by atoms with Crippen molar-refractivity contribution in [1.29, 1.82) is 5.26 Å². The van der Waals surface area contributed by atoms with Gasteiger partial charge in [-0.25, -0.2) is 0 Å². The number of hydrogen-bond donors (Lipinski definition) is 2. The van der Waals surface area contributed by atoms with Gasteiger partial charge in [-0.05, 0) is 13.8 Å². The van der Waals surface area contributed by atoms with E-state index in [9.17, 15) is 4.79 Å². The maximum atomic E-state index is 11.0. The highest BCUT2D eigenvalue weighted by Gasteiger charge is 2.10. The Kier molecular flexibility index (Phi) is 5.06. The molecule has 0 saturated carbocycles. The van der Waals surface area contributed by atoms with Gasteiger partial charge in [-0.15, -0.1) is 0 Å². The highest BCUT2D eigenvalue weighted by molar-refractivity contribution is 5.80. The number of nitrogens with zero attached hydrogens (tertiary/aromatic N) is 1. The average molecular weight is 169 g/mol. The van der Waals surface area contributed by atoms with E-state index in [1.165, 1.54) is 0 Å². The Balaban J connectivity index is 3.65. The summed E-state index contributed by atoms with van der Waals surface area (Å²) in [7, 11) is 1.59. The monoisotopic (exact) mass is 169 g/mol. The summed E-state index contributed by atoms with van der Waals surface area (Å²) >= 11 is 0. The molecule has 4 heteroatoms. The van der Waals surface area contributed by atoms with Crippen LogP contribution in [-0.2, 0) is 4.79 Å². The van der Waals surface area contributed by atoms with Gasteiger partial charge in [0.2, 0.25) is 5.91 Å². The summed E-state index contributed by atoms with van der Waals surface area (Å²) in [5.41, 5.74) is 0. The Bertz CT molecular complexity index is 185. The first-order valence-electron chi connectivity index (χ1n) is 3.96. The minimum Gasteiger partial charge on any atom is -0.358 e. The fourth-order valence-electron chi connectivity index (χ4n) is 0.708. The number of rotatable bonds is 4. The van der Waals surface area contributed by atoms with E-state index in [1.807, 2.05) is 6.92 Å². The fourth-order valence-corrected chi connectivity index (χ4v) is 0.708. The maximum Gasteiger partial charge on any atom is 0.236 e. The van der Waals surface area contributed by atoms with Crippen molar-refractivity contribution >= 4 is 5.91 Å². The van der Waals surface area contributed by atoms with Crippen LogP contribution in [0.1, 0.15) is 13.8 Å². The minimum absolute atomic E-state index is 0.0554. The van der Waals surface area contributed by atoms with Gasteiger partial charge in [-0.2, -0.15) is 5.26 Å². The first-order chi connectivity index (χ1) is 5.61. The Morgan fingerprint density at radius 1 is 1.58 bits per heavy atom. The number of nitriles is 1. The van der Waals surface area contributed by atoms with Gasteiger partial charge in [-0.1, -0.05) is 0 Å². The van der Waals surface area contributed by atoms with Gasteiger partial charge in [-0.3, -0.25) is 4.79 Å². The molecule has 2 atom stereocenters. The third-order valence-electron chi connectivity index (χ3n) is 1.59. The molecule has 0 aliphatic heterocycles. The van der Waals surface area contributed by atoms with Crippen molar-refractivity contribution in [2.75, 3.05) is 13.6 Å². The molecule has 0 fully saturated rings. The minimum atomic E-state index is -0.231. The lowest BCUT2D eigenvalue weighted by molar-refractivity contribution is -0.122. The van der Waals surface area contributed by atoms with Crippen LogP contribution in [0.2, 0.25) is 0 Å². The zero-order valence-electron chi connectivity index (χ0n) is 7.72. The number of carbonyl (C=O) groups excluding carboxylic acids is 1. The first kappa shape index (κ1) is 10.9. The zero-order chi connectivity index (χ0) is 9.56. The largest absolute Gasteiger partial charge is 0.358 e. The molecule has 0 aromatic rings. The van der Waals surface area contributed by atoms with Crippen LogP contribution in [0.5, 0.6) is 0 Å². The highest BCUT2D eigenvalue weighted by atomic mass is 16.2. The fraction of sp³-hybridized carbons (Fsp3) is 0.750. The molecule has 12 heavy (non-hydrogen) atoms. The molecule has 0 aliphatic carbocycles. The second kappa shape index (κ2) is 5.56. The summed E-state index contributed by atoms with van der Waals surface area (Å²) in [4.78, 5) is 11.0. The van der Waals surface area contributed by atoms with Crippen LogP contribution in [0, 0.1) is 17.2 Å². The van der Waals surface area contributed by atoms with E-state index < -0.39 is 0 Å². The maximum absolute atomic E-state index is 11.0. The Labute approximate surface area is 72.9 Å². The van der Waals surface area contributed by atoms with Gasteiger partial charge in [0.15, 0.2) is 0 Å². The van der Waals surface area contributed by atoms with Crippen LogP contribution in [0.25, 0.3) is 0 Å². The van der Waals surface area contributed by atoms with E-state index >= 15 is 0 Å². The number of carbonyl (C=O) groups is 1. The van der Waals surface area contributed by atoms with Crippen LogP contribution in [-0.4, -0.2) is 25.5 Å². The van der Waals surface area contributed by atoms with Gasteiger partial charge in [0.1, 0.15) is 0 Å². The van der Waals surface area contributed by atoms with E-state index in [2.05, 4.69) is 16.7 Å². The van der Waals surface area contributed by atoms with Crippen LogP contribution in [0.3, 0.4) is 0 Å². The van der Waals surface area contributed by atoms with Crippen molar-refractivity contribution in [1.82, 2.24) is 10.6 Å². The standard InChI is InChI=1S/C8H15N3O/c1-6(4-9)5-11-7(2)8(12)10-3/h6-7,11H,5H2,1-3H3,(H,10,12). The predicted molar refractivity (Wildman–Crippen MR) is 46.3 cm³/mol. The average Bonchev–Trinajstić information content (AvgIpc) is 2.11. The summed E-state index contributed by atoms with van der Waals surface area (Å²) in [5.74, 6) is -0.114. The molecule has 0 heterocycles. The van der Waals surface area contributed by atoms with Crippen molar-refractivity contribution in [2.24, 2.45) is 5.92 Å². The Morgan fingerprint density at radius 2 is 2.17 bits per heavy atom. The van der Waals surface area contributed by atoms with Crippen LogP contribution in [0.15, 0.2) is 0 Å². The molecule has 0 aromatic heterocycles. The van der Waals surface area contributed by atoms with Crippen LogP contribution < -0.4 is 10.6 Å². The summed E-state index contributed by atoms with van der Waals surface area (Å²) < 4.78 is 0. The second-order valence-electron chi connectivity index (χ2n) is 2.77. The normalized spacial score (nSPS) is 14.5. The van der Waals surface area contributed by atoms with Gasteiger partial charge in [0.25, 0.3) is 0 Å². The number of nitrogens with one attached hydrogen (secondary N) is 2. The quantitative estimate of drug-likeness (QED) is 0.616. The van der Waals surface area contributed by atoms with Crippen molar-refractivity contribution in [3.8, 4) is 6.07 Å². The second-order valence-corrected chi connectivity index (χ2v) is 2.77. The molecule has 0 saturated heterocycles. The summed E-state index contributed by atoms with van der Waals surface area (Å²) in [6, 6.07) is 1.85. The highest BCUT2D eigenvalue weighted by Crippen LogP contribution is 1.89.